The van der Waals surface area contributed by atoms with Crippen LogP contribution < -0.4 is 5.73 Å². The molecule has 3 aromatic heterocycles. The van der Waals surface area contributed by atoms with Crippen LogP contribution in [0.5, 0.6) is 0 Å². The Hall–Kier alpha value is -3.22. The largest absolute Gasteiger partial charge is 0.383 e. The zero-order valence-electron chi connectivity index (χ0n) is 17.4. The van der Waals surface area contributed by atoms with Crippen LogP contribution in [0.4, 0.5) is 10.2 Å². The second-order valence-corrected chi connectivity index (χ2v) is 9.29. The van der Waals surface area contributed by atoms with E-state index in [4.69, 9.17) is 28.9 Å². The van der Waals surface area contributed by atoms with Gasteiger partial charge in [-0.2, -0.15) is 0 Å². The first-order valence-corrected chi connectivity index (χ1v) is 11.4. The highest BCUT2D eigenvalue weighted by Crippen LogP contribution is 2.43. The van der Waals surface area contributed by atoms with Gasteiger partial charge in [-0.3, -0.25) is 4.98 Å². The van der Waals surface area contributed by atoms with E-state index in [-0.39, 0.29) is 5.82 Å². The summed E-state index contributed by atoms with van der Waals surface area (Å²) >= 11 is 12.2. The Labute approximate surface area is 199 Å². The molecule has 2 N–H and O–H groups in total. The zero-order valence-corrected chi connectivity index (χ0v) is 18.9. The topological polar surface area (TPSA) is 69.6 Å². The molecule has 0 atom stereocenters. The molecular formula is C25H18Cl2FN5. The van der Waals surface area contributed by atoms with Crippen molar-refractivity contribution < 1.29 is 4.39 Å². The number of nitrogen functional groups attached to an aromatic ring is 1. The minimum atomic E-state index is -0.338. The molecule has 1 saturated carbocycles. The van der Waals surface area contributed by atoms with Crippen molar-refractivity contribution in [3.8, 4) is 11.1 Å². The summed E-state index contributed by atoms with van der Waals surface area (Å²) in [6.45, 7) is 0. The van der Waals surface area contributed by atoms with E-state index >= 15 is 4.39 Å². The van der Waals surface area contributed by atoms with E-state index in [0.29, 0.717) is 50.2 Å². The third kappa shape index (κ3) is 3.59. The fraction of sp³-hybridized carbons (Fsp3) is 0.160. The number of pyridine rings is 1. The van der Waals surface area contributed by atoms with Crippen molar-refractivity contribution in [2.24, 2.45) is 0 Å². The first kappa shape index (κ1) is 20.4. The molecule has 1 aliphatic carbocycles. The van der Waals surface area contributed by atoms with Gasteiger partial charge in [0, 0.05) is 57.1 Å². The summed E-state index contributed by atoms with van der Waals surface area (Å²) in [6, 6.07) is 11.4. The molecule has 1 fully saturated rings. The maximum atomic E-state index is 15.7. The second-order valence-electron chi connectivity index (χ2n) is 8.42. The molecule has 5 aromatic rings. The standard InChI is InChI=1S/C25H18Cl2FN5/c26-15-5-13(6-16(27)9-15)7-17-8-14-1-4-19(23(28)20(14)10-30-17)21-11-33(18-2-3-18)25-22(21)24(29)31-12-32-25/h1,4-6,8-12,18H,2-3,7H2,(H2,29,31,32). The zero-order chi connectivity index (χ0) is 22.7. The van der Waals surface area contributed by atoms with Crippen molar-refractivity contribution in [3.05, 3.63) is 82.2 Å². The monoisotopic (exact) mass is 477 g/mol. The molecule has 0 amide bonds. The van der Waals surface area contributed by atoms with Gasteiger partial charge in [-0.25, -0.2) is 14.4 Å². The highest BCUT2D eigenvalue weighted by Gasteiger charge is 2.28. The van der Waals surface area contributed by atoms with Gasteiger partial charge in [0.15, 0.2) is 0 Å². The summed E-state index contributed by atoms with van der Waals surface area (Å²) < 4.78 is 17.8. The molecule has 0 radical (unpaired) electrons. The van der Waals surface area contributed by atoms with E-state index in [9.17, 15) is 0 Å². The van der Waals surface area contributed by atoms with E-state index in [1.807, 2.05) is 30.5 Å². The second kappa shape index (κ2) is 7.68. The average Bonchev–Trinajstić information content (AvgIpc) is 3.54. The Morgan fingerprint density at radius 2 is 1.79 bits per heavy atom. The summed E-state index contributed by atoms with van der Waals surface area (Å²) in [4.78, 5) is 13.1. The predicted molar refractivity (Wildman–Crippen MR) is 130 cm³/mol. The van der Waals surface area contributed by atoms with Gasteiger partial charge >= 0.3 is 0 Å². The molecule has 164 valence electrons. The number of fused-ring (bicyclic) bond motifs is 2. The van der Waals surface area contributed by atoms with Crippen LogP contribution in [0.15, 0.2) is 55.1 Å². The summed E-state index contributed by atoms with van der Waals surface area (Å²) in [5.74, 6) is 0.0120. The van der Waals surface area contributed by atoms with Gasteiger partial charge in [0.25, 0.3) is 0 Å². The Kier molecular flexibility index (Phi) is 4.75. The first-order valence-electron chi connectivity index (χ1n) is 10.6. The van der Waals surface area contributed by atoms with Gasteiger partial charge in [-0.1, -0.05) is 35.3 Å². The SMILES string of the molecule is Nc1ncnc2c1c(-c1ccc3cc(Cc4cc(Cl)cc(Cl)c4)ncc3c1F)cn2C1CC1. The molecule has 1 aliphatic rings. The molecule has 0 saturated heterocycles. The minimum Gasteiger partial charge on any atom is -0.383 e. The normalized spacial score (nSPS) is 13.8. The molecule has 3 heterocycles. The number of aromatic nitrogens is 4. The van der Waals surface area contributed by atoms with Crippen molar-refractivity contribution >= 4 is 50.8 Å². The molecule has 5 nitrogen and oxygen atoms in total. The maximum Gasteiger partial charge on any atom is 0.146 e. The number of nitrogens with two attached hydrogens (primary N) is 1. The number of nitrogens with zero attached hydrogens (tertiary/aromatic N) is 4. The van der Waals surface area contributed by atoms with E-state index in [2.05, 4.69) is 19.5 Å². The van der Waals surface area contributed by atoms with Crippen LogP contribution in [0, 0.1) is 5.82 Å². The van der Waals surface area contributed by atoms with Crippen LogP contribution in [0.25, 0.3) is 32.9 Å². The van der Waals surface area contributed by atoms with Crippen molar-refractivity contribution in [1.82, 2.24) is 19.5 Å². The highest BCUT2D eigenvalue weighted by atomic mass is 35.5. The van der Waals surface area contributed by atoms with Gasteiger partial charge in [-0.15, -0.1) is 0 Å². The smallest absolute Gasteiger partial charge is 0.146 e. The van der Waals surface area contributed by atoms with Gasteiger partial charge in [0.05, 0.1) is 5.39 Å². The van der Waals surface area contributed by atoms with Gasteiger partial charge < -0.3 is 10.3 Å². The molecule has 8 heteroatoms. The predicted octanol–water partition coefficient (Wildman–Crippen LogP) is 6.60. The molecule has 33 heavy (non-hydrogen) atoms. The molecule has 2 aromatic carbocycles. The summed E-state index contributed by atoms with van der Waals surface area (Å²) in [6.07, 6.45) is 7.69. The molecule has 0 spiro atoms. The molecular weight excluding hydrogens is 460 g/mol. The van der Waals surface area contributed by atoms with Gasteiger partial charge in [-0.05, 0) is 48.1 Å². The number of hydrogen-bond donors (Lipinski definition) is 1. The van der Waals surface area contributed by atoms with Crippen LogP contribution in [0.1, 0.15) is 30.1 Å². The lowest BCUT2D eigenvalue weighted by atomic mass is 10.00. The van der Waals surface area contributed by atoms with E-state index in [1.165, 1.54) is 6.33 Å². The van der Waals surface area contributed by atoms with E-state index in [1.54, 1.807) is 18.3 Å². The summed E-state index contributed by atoms with van der Waals surface area (Å²) in [5.41, 5.74) is 9.84. The van der Waals surface area contributed by atoms with Crippen LogP contribution in [0.3, 0.4) is 0 Å². The third-order valence-corrected chi connectivity index (χ3v) is 6.51. The average molecular weight is 478 g/mol. The van der Waals surface area contributed by atoms with E-state index in [0.717, 1.165) is 35.1 Å². The Balaban J connectivity index is 1.44. The fourth-order valence-electron chi connectivity index (χ4n) is 4.40. The molecule has 0 aliphatic heterocycles. The number of anilines is 1. The number of rotatable bonds is 4. The summed E-state index contributed by atoms with van der Waals surface area (Å²) in [5, 5.41) is 3.04. The summed E-state index contributed by atoms with van der Waals surface area (Å²) in [7, 11) is 0. The van der Waals surface area contributed by atoms with Crippen LogP contribution >= 0.6 is 23.2 Å². The molecule has 6 rings (SSSR count). The maximum absolute atomic E-state index is 15.7. The lowest BCUT2D eigenvalue weighted by Crippen LogP contribution is -1.96. The number of hydrogen-bond acceptors (Lipinski definition) is 4. The number of halogens is 3. The van der Waals surface area contributed by atoms with Crippen LogP contribution in [0.2, 0.25) is 10.0 Å². The number of benzene rings is 2. The first-order chi connectivity index (χ1) is 16.0. The third-order valence-electron chi connectivity index (χ3n) is 6.07. The highest BCUT2D eigenvalue weighted by molar-refractivity contribution is 6.34. The Morgan fingerprint density at radius 3 is 2.55 bits per heavy atom. The van der Waals surface area contributed by atoms with Crippen molar-refractivity contribution in [3.63, 3.8) is 0 Å². The molecule has 0 unspecified atom stereocenters. The lowest BCUT2D eigenvalue weighted by Gasteiger charge is -2.09. The van der Waals surface area contributed by atoms with Gasteiger partial charge in [0.1, 0.15) is 23.6 Å². The quantitative estimate of drug-likeness (QED) is 0.316. The van der Waals surface area contributed by atoms with Crippen molar-refractivity contribution in [1.29, 1.82) is 0 Å². The Bertz CT molecular complexity index is 1540. The van der Waals surface area contributed by atoms with Crippen LogP contribution in [-0.4, -0.2) is 19.5 Å². The Morgan fingerprint density at radius 1 is 1.00 bits per heavy atom. The fourth-order valence-corrected chi connectivity index (χ4v) is 4.97. The minimum absolute atomic E-state index is 0.338. The lowest BCUT2D eigenvalue weighted by molar-refractivity contribution is 0.642. The molecule has 0 bridgehead atoms. The van der Waals surface area contributed by atoms with E-state index < -0.39 is 0 Å². The van der Waals surface area contributed by atoms with Crippen molar-refractivity contribution in [2.45, 2.75) is 25.3 Å². The van der Waals surface area contributed by atoms with Gasteiger partial charge in [0.2, 0.25) is 0 Å². The van der Waals surface area contributed by atoms with Crippen LogP contribution in [-0.2, 0) is 6.42 Å². The van der Waals surface area contributed by atoms with Crippen molar-refractivity contribution in [2.75, 3.05) is 5.73 Å².